The molecule has 1 amide bonds. The lowest BCUT2D eigenvalue weighted by molar-refractivity contribution is -0.385. The molecule has 1 N–H and O–H groups in total. The zero-order valence-electron chi connectivity index (χ0n) is 16.4. The fourth-order valence-electron chi connectivity index (χ4n) is 2.73. The predicted molar refractivity (Wildman–Crippen MR) is 116 cm³/mol. The van der Waals surface area contributed by atoms with Crippen molar-refractivity contribution in [1.82, 2.24) is 0 Å². The minimum atomic E-state index is -0.789. The van der Waals surface area contributed by atoms with Gasteiger partial charge in [0.2, 0.25) is 0 Å². The summed E-state index contributed by atoms with van der Waals surface area (Å²) in [6.07, 6.45) is 1.18. The molecule has 0 spiro atoms. The number of nitrogens with one attached hydrogen (secondary N) is 1. The Morgan fingerprint density at radius 3 is 2.41 bits per heavy atom. The first kappa shape index (κ1) is 22.2. The molecule has 0 saturated carbocycles. The van der Waals surface area contributed by atoms with Gasteiger partial charge in [-0.15, -0.1) is 0 Å². The predicted octanol–water partition coefficient (Wildman–Crippen LogP) is 5.27. The number of rotatable bonds is 6. The minimum absolute atomic E-state index is 0.130. The van der Waals surface area contributed by atoms with Gasteiger partial charge in [-0.1, -0.05) is 17.7 Å². The van der Waals surface area contributed by atoms with Crippen molar-refractivity contribution in [3.63, 3.8) is 0 Å². The standard InChI is InChI=1S/C21H13ClN4O6/c1-12-2-3-15(26(30)31)10-19(12)24-21(27)13(11-23)8-16-5-7-20(32-16)17-9-14(25(28)29)4-6-18(17)22/h2-10H,1H3,(H,24,27)/b13-8+. The van der Waals surface area contributed by atoms with Crippen LogP contribution in [0.4, 0.5) is 17.1 Å². The summed E-state index contributed by atoms with van der Waals surface area (Å²) in [6.45, 7) is 1.65. The Morgan fingerprint density at radius 2 is 1.75 bits per heavy atom. The Kier molecular flexibility index (Phi) is 6.32. The minimum Gasteiger partial charge on any atom is -0.457 e. The maximum absolute atomic E-state index is 12.5. The van der Waals surface area contributed by atoms with Crippen molar-refractivity contribution < 1.29 is 19.1 Å². The summed E-state index contributed by atoms with van der Waals surface area (Å²) in [5, 5.41) is 34.0. The van der Waals surface area contributed by atoms with Crippen molar-refractivity contribution in [2.24, 2.45) is 0 Å². The zero-order valence-corrected chi connectivity index (χ0v) is 17.1. The van der Waals surface area contributed by atoms with Gasteiger partial charge in [-0.3, -0.25) is 25.0 Å². The topological polar surface area (TPSA) is 152 Å². The van der Waals surface area contributed by atoms with E-state index in [1.54, 1.807) is 13.0 Å². The van der Waals surface area contributed by atoms with Crippen molar-refractivity contribution in [2.45, 2.75) is 6.92 Å². The van der Waals surface area contributed by atoms with E-state index in [0.717, 1.165) is 0 Å². The number of nitro groups is 2. The van der Waals surface area contributed by atoms with E-state index in [9.17, 15) is 30.3 Å². The molecule has 2 aromatic carbocycles. The summed E-state index contributed by atoms with van der Waals surface area (Å²) in [7, 11) is 0. The molecule has 0 aliphatic rings. The third-order valence-corrected chi connectivity index (χ3v) is 4.71. The number of halogens is 1. The molecule has 0 radical (unpaired) electrons. The van der Waals surface area contributed by atoms with Gasteiger partial charge in [-0.05, 0) is 30.7 Å². The van der Waals surface area contributed by atoms with E-state index < -0.39 is 15.8 Å². The van der Waals surface area contributed by atoms with E-state index in [4.69, 9.17) is 16.0 Å². The Labute approximate surface area is 185 Å². The number of benzene rings is 2. The Hall–Kier alpha value is -4.49. The van der Waals surface area contributed by atoms with Crippen molar-refractivity contribution in [3.05, 3.63) is 90.7 Å². The van der Waals surface area contributed by atoms with Crippen LogP contribution in [0.15, 0.2) is 58.5 Å². The fourth-order valence-corrected chi connectivity index (χ4v) is 2.94. The van der Waals surface area contributed by atoms with Crippen LogP contribution in [0.25, 0.3) is 17.4 Å². The lowest BCUT2D eigenvalue weighted by Gasteiger charge is -2.07. The largest absolute Gasteiger partial charge is 0.457 e. The van der Waals surface area contributed by atoms with Crippen molar-refractivity contribution in [3.8, 4) is 17.4 Å². The van der Waals surface area contributed by atoms with Crippen LogP contribution in [0.1, 0.15) is 11.3 Å². The second kappa shape index (κ2) is 9.11. The molecule has 0 aliphatic carbocycles. The number of furan rings is 1. The SMILES string of the molecule is Cc1ccc([N+](=O)[O-])cc1NC(=O)/C(C#N)=C/c1ccc(-c2cc([N+](=O)[O-])ccc2Cl)o1. The second-order valence-corrected chi connectivity index (χ2v) is 6.91. The molecular formula is C21H13ClN4O6. The first-order chi connectivity index (χ1) is 15.2. The highest BCUT2D eigenvalue weighted by Gasteiger charge is 2.17. The number of carbonyl (C=O) groups is 1. The number of anilines is 1. The summed E-state index contributed by atoms with van der Waals surface area (Å²) in [5.74, 6) is -0.454. The summed E-state index contributed by atoms with van der Waals surface area (Å²) < 4.78 is 5.59. The number of aryl methyl sites for hydroxylation is 1. The summed E-state index contributed by atoms with van der Waals surface area (Å²) in [4.78, 5) is 33.3. The summed E-state index contributed by atoms with van der Waals surface area (Å²) in [6, 6.07) is 12.5. The number of carbonyl (C=O) groups excluding carboxylic acids is 1. The Morgan fingerprint density at radius 1 is 1.09 bits per heavy atom. The smallest absolute Gasteiger partial charge is 0.271 e. The highest BCUT2D eigenvalue weighted by molar-refractivity contribution is 6.33. The van der Waals surface area contributed by atoms with E-state index in [2.05, 4.69) is 5.32 Å². The van der Waals surface area contributed by atoms with E-state index >= 15 is 0 Å². The van der Waals surface area contributed by atoms with Gasteiger partial charge in [0.25, 0.3) is 17.3 Å². The average molecular weight is 453 g/mol. The summed E-state index contributed by atoms with van der Waals surface area (Å²) in [5.41, 5.74) is 0.327. The number of amides is 1. The highest BCUT2D eigenvalue weighted by atomic mass is 35.5. The fraction of sp³-hybridized carbons (Fsp3) is 0.0476. The lowest BCUT2D eigenvalue weighted by atomic mass is 10.1. The molecule has 0 fully saturated rings. The maximum Gasteiger partial charge on any atom is 0.271 e. The van der Waals surface area contributed by atoms with Crippen LogP contribution in [0.2, 0.25) is 5.02 Å². The normalized spacial score (nSPS) is 11.0. The second-order valence-electron chi connectivity index (χ2n) is 6.50. The van der Waals surface area contributed by atoms with Gasteiger partial charge in [-0.2, -0.15) is 5.26 Å². The molecule has 0 bridgehead atoms. The van der Waals surface area contributed by atoms with Crippen LogP contribution in [0.3, 0.4) is 0 Å². The molecule has 3 rings (SSSR count). The number of non-ortho nitro benzene ring substituents is 2. The maximum atomic E-state index is 12.5. The molecular weight excluding hydrogens is 440 g/mol. The lowest BCUT2D eigenvalue weighted by Crippen LogP contribution is -2.14. The van der Waals surface area contributed by atoms with E-state index in [-0.39, 0.29) is 44.7 Å². The van der Waals surface area contributed by atoms with Gasteiger partial charge in [0.15, 0.2) is 0 Å². The third kappa shape index (κ3) is 4.80. The van der Waals surface area contributed by atoms with Crippen LogP contribution < -0.4 is 5.32 Å². The van der Waals surface area contributed by atoms with Crippen molar-refractivity contribution >= 4 is 40.6 Å². The first-order valence-corrected chi connectivity index (χ1v) is 9.29. The molecule has 1 heterocycles. The van der Waals surface area contributed by atoms with Crippen molar-refractivity contribution in [1.29, 1.82) is 5.26 Å². The van der Waals surface area contributed by atoms with Gasteiger partial charge in [-0.25, -0.2) is 0 Å². The molecule has 160 valence electrons. The number of hydrogen-bond acceptors (Lipinski definition) is 7. The Balaban J connectivity index is 1.88. The quantitative estimate of drug-likeness (QED) is 0.231. The Bertz CT molecular complexity index is 1320. The van der Waals surface area contributed by atoms with Gasteiger partial charge >= 0.3 is 0 Å². The van der Waals surface area contributed by atoms with Crippen molar-refractivity contribution in [2.75, 3.05) is 5.32 Å². The van der Waals surface area contributed by atoms with Crippen LogP contribution in [-0.2, 0) is 4.79 Å². The van der Waals surface area contributed by atoms with Crippen LogP contribution >= 0.6 is 11.6 Å². The zero-order chi connectivity index (χ0) is 23.4. The van der Waals surface area contributed by atoms with Crippen LogP contribution in [-0.4, -0.2) is 15.8 Å². The molecule has 0 unspecified atom stereocenters. The molecule has 1 aromatic heterocycles. The first-order valence-electron chi connectivity index (χ1n) is 8.92. The van der Waals surface area contributed by atoms with Gasteiger partial charge in [0.1, 0.15) is 23.2 Å². The van der Waals surface area contributed by atoms with Gasteiger partial charge < -0.3 is 9.73 Å². The number of nitro benzene ring substituents is 2. The van der Waals surface area contributed by atoms with Crippen LogP contribution in [0.5, 0.6) is 0 Å². The molecule has 10 nitrogen and oxygen atoms in total. The molecule has 0 aliphatic heterocycles. The molecule has 11 heteroatoms. The van der Waals surface area contributed by atoms with E-state index in [0.29, 0.717) is 5.56 Å². The molecule has 32 heavy (non-hydrogen) atoms. The average Bonchev–Trinajstić information content (AvgIpc) is 3.21. The molecule has 3 aromatic rings. The highest BCUT2D eigenvalue weighted by Crippen LogP contribution is 2.33. The van der Waals surface area contributed by atoms with E-state index in [1.807, 2.05) is 0 Å². The van der Waals surface area contributed by atoms with E-state index in [1.165, 1.54) is 54.6 Å². The molecule has 0 atom stereocenters. The summed E-state index contributed by atoms with van der Waals surface area (Å²) >= 11 is 6.11. The van der Waals surface area contributed by atoms with Crippen LogP contribution in [0, 0.1) is 38.5 Å². The monoisotopic (exact) mass is 452 g/mol. The number of nitriles is 1. The van der Waals surface area contributed by atoms with Gasteiger partial charge in [0.05, 0.1) is 20.6 Å². The number of hydrogen-bond donors (Lipinski definition) is 1. The van der Waals surface area contributed by atoms with Gasteiger partial charge in [0, 0.05) is 35.9 Å². The number of nitrogens with zero attached hydrogens (tertiary/aromatic N) is 3. The molecule has 0 saturated heterocycles. The third-order valence-electron chi connectivity index (χ3n) is 4.38.